The highest BCUT2D eigenvalue weighted by molar-refractivity contribution is 5.77. The fourth-order valence-corrected chi connectivity index (χ4v) is 2.70. The first-order valence-corrected chi connectivity index (χ1v) is 7.56. The molecular weight excluding hydrogens is 276 g/mol. The van der Waals surface area contributed by atoms with E-state index in [1.54, 1.807) is 4.90 Å². The molecule has 0 bridgehead atoms. The molecule has 0 aliphatic carbocycles. The molecule has 2 aliphatic heterocycles. The van der Waals surface area contributed by atoms with E-state index in [0.717, 1.165) is 19.4 Å². The summed E-state index contributed by atoms with van der Waals surface area (Å²) in [6.45, 7) is 4.74. The zero-order chi connectivity index (χ0) is 15.1. The van der Waals surface area contributed by atoms with Gasteiger partial charge in [0.2, 0.25) is 5.91 Å². The quantitative estimate of drug-likeness (QED) is 0.732. The number of likely N-dealkylation sites (tertiary alicyclic amines) is 1. The first-order chi connectivity index (χ1) is 10.1. The molecule has 21 heavy (non-hydrogen) atoms. The number of carbonyl (C=O) groups is 2. The van der Waals surface area contributed by atoms with E-state index >= 15 is 0 Å². The molecule has 120 valence electrons. The number of nitrogens with zero attached hydrogens (tertiary/aromatic N) is 2. The molecule has 2 saturated heterocycles. The normalized spacial score (nSPS) is 24.0. The maximum Gasteiger partial charge on any atom is 0.304 e. The lowest BCUT2D eigenvalue weighted by Gasteiger charge is -2.33. The van der Waals surface area contributed by atoms with Gasteiger partial charge in [0, 0.05) is 26.2 Å². The first-order valence-electron chi connectivity index (χ1n) is 7.56. The van der Waals surface area contributed by atoms with Crippen LogP contribution in [0.2, 0.25) is 0 Å². The van der Waals surface area contributed by atoms with Crippen LogP contribution in [0.1, 0.15) is 19.3 Å². The summed E-state index contributed by atoms with van der Waals surface area (Å²) < 4.78 is 10.9. The number of carboxylic acid groups (broad SMARTS) is 1. The van der Waals surface area contributed by atoms with E-state index in [1.807, 2.05) is 0 Å². The van der Waals surface area contributed by atoms with Gasteiger partial charge in [-0.05, 0) is 19.4 Å². The Bertz CT molecular complexity index is 357. The minimum Gasteiger partial charge on any atom is -0.481 e. The van der Waals surface area contributed by atoms with E-state index in [2.05, 4.69) is 4.90 Å². The molecule has 1 atom stereocenters. The highest BCUT2D eigenvalue weighted by Gasteiger charge is 2.23. The molecule has 1 amide bonds. The number of morpholine rings is 1. The van der Waals surface area contributed by atoms with Crippen LogP contribution < -0.4 is 0 Å². The monoisotopic (exact) mass is 300 g/mol. The molecule has 0 saturated carbocycles. The molecule has 1 unspecified atom stereocenters. The van der Waals surface area contributed by atoms with Crippen LogP contribution in [0.15, 0.2) is 0 Å². The van der Waals surface area contributed by atoms with Crippen LogP contribution in [0.4, 0.5) is 0 Å². The maximum atomic E-state index is 12.0. The summed E-state index contributed by atoms with van der Waals surface area (Å²) >= 11 is 0. The van der Waals surface area contributed by atoms with Gasteiger partial charge < -0.3 is 24.4 Å². The van der Waals surface area contributed by atoms with Crippen LogP contribution in [-0.2, 0) is 19.1 Å². The number of hydrogen-bond donors (Lipinski definition) is 1. The summed E-state index contributed by atoms with van der Waals surface area (Å²) in [7, 11) is 0. The molecule has 0 aromatic heterocycles. The fraction of sp³-hybridized carbons (Fsp3) is 0.857. The third kappa shape index (κ3) is 5.61. The van der Waals surface area contributed by atoms with Crippen molar-refractivity contribution in [2.75, 3.05) is 52.5 Å². The van der Waals surface area contributed by atoms with E-state index < -0.39 is 5.97 Å². The van der Waals surface area contributed by atoms with Gasteiger partial charge in [-0.1, -0.05) is 0 Å². The molecule has 7 heteroatoms. The molecule has 0 spiro atoms. The van der Waals surface area contributed by atoms with Crippen molar-refractivity contribution in [3.63, 3.8) is 0 Å². The molecule has 0 radical (unpaired) electrons. The van der Waals surface area contributed by atoms with Gasteiger partial charge >= 0.3 is 5.97 Å². The van der Waals surface area contributed by atoms with Gasteiger partial charge in [-0.3, -0.25) is 9.59 Å². The molecule has 7 nitrogen and oxygen atoms in total. The Balaban J connectivity index is 1.67. The number of aliphatic carboxylic acids is 1. The van der Waals surface area contributed by atoms with Crippen LogP contribution in [0.3, 0.4) is 0 Å². The third-order valence-corrected chi connectivity index (χ3v) is 3.91. The van der Waals surface area contributed by atoms with Gasteiger partial charge in [-0.25, -0.2) is 0 Å². The van der Waals surface area contributed by atoms with Crippen molar-refractivity contribution < 1.29 is 24.2 Å². The largest absolute Gasteiger partial charge is 0.481 e. The van der Waals surface area contributed by atoms with Gasteiger partial charge in [0.1, 0.15) is 6.61 Å². The van der Waals surface area contributed by atoms with Crippen LogP contribution in [0.5, 0.6) is 0 Å². The number of amides is 1. The lowest BCUT2D eigenvalue weighted by atomic mass is 10.1. The van der Waals surface area contributed by atoms with E-state index in [4.69, 9.17) is 14.6 Å². The van der Waals surface area contributed by atoms with E-state index in [9.17, 15) is 9.59 Å². The lowest BCUT2D eigenvalue weighted by molar-refractivity contribution is -0.143. The van der Waals surface area contributed by atoms with Crippen molar-refractivity contribution in [1.29, 1.82) is 0 Å². The van der Waals surface area contributed by atoms with Crippen LogP contribution >= 0.6 is 0 Å². The average Bonchev–Trinajstić information content (AvgIpc) is 2.52. The summed E-state index contributed by atoms with van der Waals surface area (Å²) in [5.41, 5.74) is 0. The maximum absolute atomic E-state index is 12.0. The minimum atomic E-state index is -0.777. The lowest BCUT2D eigenvalue weighted by Crippen LogP contribution is -2.45. The van der Waals surface area contributed by atoms with Gasteiger partial charge in [0.05, 0.1) is 25.7 Å². The number of piperidine rings is 1. The van der Waals surface area contributed by atoms with Crippen molar-refractivity contribution in [2.24, 2.45) is 0 Å². The number of hydrogen-bond acceptors (Lipinski definition) is 5. The highest BCUT2D eigenvalue weighted by atomic mass is 16.5. The fourth-order valence-electron chi connectivity index (χ4n) is 2.70. The Morgan fingerprint density at radius 2 is 2.00 bits per heavy atom. The van der Waals surface area contributed by atoms with Crippen molar-refractivity contribution >= 4 is 11.9 Å². The summed E-state index contributed by atoms with van der Waals surface area (Å²) in [5.74, 6) is -0.763. The van der Waals surface area contributed by atoms with Crippen molar-refractivity contribution in [3.05, 3.63) is 0 Å². The second-order valence-corrected chi connectivity index (χ2v) is 5.51. The number of ether oxygens (including phenoxy) is 2. The molecule has 2 fully saturated rings. The Morgan fingerprint density at radius 3 is 2.71 bits per heavy atom. The smallest absolute Gasteiger partial charge is 0.304 e. The Kier molecular flexibility index (Phi) is 6.41. The van der Waals surface area contributed by atoms with Gasteiger partial charge in [0.15, 0.2) is 0 Å². The van der Waals surface area contributed by atoms with Gasteiger partial charge in [0.25, 0.3) is 0 Å². The molecule has 2 aliphatic rings. The second kappa shape index (κ2) is 8.31. The summed E-state index contributed by atoms with van der Waals surface area (Å²) in [6.07, 6.45) is 2.09. The highest BCUT2D eigenvalue weighted by Crippen LogP contribution is 2.13. The van der Waals surface area contributed by atoms with Crippen molar-refractivity contribution in [1.82, 2.24) is 9.80 Å². The molecule has 2 rings (SSSR count). The predicted octanol–water partition coefficient (Wildman–Crippen LogP) is -0.199. The molecule has 0 aromatic rings. The molecule has 1 N–H and O–H groups in total. The Labute approximate surface area is 124 Å². The third-order valence-electron chi connectivity index (χ3n) is 3.91. The average molecular weight is 300 g/mol. The topological polar surface area (TPSA) is 79.3 Å². The summed E-state index contributed by atoms with van der Waals surface area (Å²) in [5, 5.41) is 8.71. The summed E-state index contributed by atoms with van der Waals surface area (Å²) in [4.78, 5) is 26.5. The van der Waals surface area contributed by atoms with Gasteiger partial charge in [-0.2, -0.15) is 0 Å². The zero-order valence-electron chi connectivity index (χ0n) is 12.3. The number of carbonyl (C=O) groups excluding carboxylic acids is 1. The summed E-state index contributed by atoms with van der Waals surface area (Å²) in [6, 6.07) is 0. The van der Waals surface area contributed by atoms with Gasteiger partial charge in [-0.15, -0.1) is 0 Å². The molecule has 0 aromatic carbocycles. The predicted molar refractivity (Wildman–Crippen MR) is 75.1 cm³/mol. The Hall–Kier alpha value is -1.18. The van der Waals surface area contributed by atoms with Crippen LogP contribution in [0.25, 0.3) is 0 Å². The number of rotatable bonds is 6. The second-order valence-electron chi connectivity index (χ2n) is 5.51. The van der Waals surface area contributed by atoms with E-state index in [0.29, 0.717) is 39.4 Å². The first kappa shape index (κ1) is 16.2. The van der Waals surface area contributed by atoms with E-state index in [1.165, 1.54) is 0 Å². The van der Waals surface area contributed by atoms with Crippen LogP contribution in [-0.4, -0.2) is 85.4 Å². The SMILES string of the molecule is O=C(O)CCN1CCCC(OCC(=O)N2CCOCC2)C1. The Morgan fingerprint density at radius 1 is 1.24 bits per heavy atom. The van der Waals surface area contributed by atoms with Crippen molar-refractivity contribution in [2.45, 2.75) is 25.4 Å². The zero-order valence-corrected chi connectivity index (χ0v) is 12.3. The number of carboxylic acids is 1. The molecular formula is C14H24N2O5. The minimum absolute atomic E-state index is 0.0148. The van der Waals surface area contributed by atoms with Crippen molar-refractivity contribution in [3.8, 4) is 0 Å². The van der Waals surface area contributed by atoms with Crippen LogP contribution in [0, 0.1) is 0 Å². The molecule has 2 heterocycles. The van der Waals surface area contributed by atoms with E-state index in [-0.39, 0.29) is 25.0 Å². The standard InChI is InChI=1S/C14H24N2O5/c17-13(16-6-8-20-9-7-16)11-21-12-2-1-4-15(10-12)5-3-14(18)19/h12H,1-11H2,(H,18,19).